The average Bonchev–Trinajstić information content (AvgIpc) is 2.94. The van der Waals surface area contributed by atoms with Crippen molar-refractivity contribution in [3.8, 4) is 0 Å². The van der Waals surface area contributed by atoms with Gasteiger partial charge in [-0.05, 0) is 37.5 Å². The van der Waals surface area contributed by atoms with E-state index in [2.05, 4.69) is 0 Å². The maximum absolute atomic E-state index is 13.1. The molecule has 1 atom stereocenters. The number of nitrogens with zero attached hydrogens (tertiary/aromatic N) is 2. The van der Waals surface area contributed by atoms with Gasteiger partial charge in [-0.2, -0.15) is 4.31 Å². The fourth-order valence-corrected chi connectivity index (χ4v) is 7.64. The summed E-state index contributed by atoms with van der Waals surface area (Å²) in [6, 6.07) is 3.37. The first-order chi connectivity index (χ1) is 15.0. The highest BCUT2D eigenvalue weighted by Gasteiger charge is 2.33. The second-order valence-corrected chi connectivity index (χ2v) is 12.6. The zero-order valence-corrected chi connectivity index (χ0v) is 20.2. The summed E-state index contributed by atoms with van der Waals surface area (Å²) in [5.41, 5.74) is -0.0401. The summed E-state index contributed by atoms with van der Waals surface area (Å²) < 4.78 is 55.8. The lowest BCUT2D eigenvalue weighted by atomic mass is 10.2. The van der Waals surface area contributed by atoms with Gasteiger partial charge in [0.05, 0.1) is 22.1 Å². The van der Waals surface area contributed by atoms with Crippen LogP contribution in [0.4, 0.5) is 0 Å². The standard InChI is InChI=1S/C20H27ClN2O7S2/c1-22(16-8-11-31(26,27)14-16)19(24)13-30-20(25)15-6-7-17(21)18(12-15)32(28,29)23-9-4-2-3-5-10-23/h6-7,12,16H,2-5,8-11,13-14H2,1H3/t16-/m0/s1. The number of carbonyl (C=O) groups is 2. The summed E-state index contributed by atoms with van der Waals surface area (Å²) in [5, 5.41) is 0.00375. The van der Waals surface area contributed by atoms with Crippen LogP contribution in [0, 0.1) is 0 Å². The quantitative estimate of drug-likeness (QED) is 0.539. The molecule has 0 bridgehead atoms. The third kappa shape index (κ3) is 5.81. The number of rotatable bonds is 6. The highest BCUT2D eigenvalue weighted by Crippen LogP contribution is 2.28. The first kappa shape index (κ1) is 24.9. The summed E-state index contributed by atoms with van der Waals surface area (Å²) in [6.07, 6.45) is 3.78. The molecular weight excluding hydrogens is 480 g/mol. The molecule has 178 valence electrons. The van der Waals surface area contributed by atoms with E-state index in [1.54, 1.807) is 0 Å². The summed E-state index contributed by atoms with van der Waals surface area (Å²) in [6.45, 7) is 0.207. The molecule has 12 heteroatoms. The zero-order chi connectivity index (χ0) is 23.5. The number of amides is 1. The molecule has 2 aliphatic heterocycles. The van der Waals surface area contributed by atoms with Crippen LogP contribution in [0.1, 0.15) is 42.5 Å². The molecule has 2 fully saturated rings. The van der Waals surface area contributed by atoms with Gasteiger partial charge in [0.2, 0.25) is 10.0 Å². The first-order valence-electron chi connectivity index (χ1n) is 10.4. The van der Waals surface area contributed by atoms with Crippen LogP contribution in [-0.2, 0) is 29.4 Å². The van der Waals surface area contributed by atoms with Crippen molar-refractivity contribution < 1.29 is 31.2 Å². The Labute approximate surface area is 193 Å². The van der Waals surface area contributed by atoms with Gasteiger partial charge in [-0.25, -0.2) is 21.6 Å². The number of benzene rings is 1. The number of likely N-dealkylation sites (N-methyl/N-ethyl adjacent to an activating group) is 1. The molecule has 0 spiro atoms. The molecule has 0 aliphatic carbocycles. The highest BCUT2D eigenvalue weighted by molar-refractivity contribution is 7.91. The van der Waals surface area contributed by atoms with Crippen molar-refractivity contribution in [1.29, 1.82) is 0 Å². The van der Waals surface area contributed by atoms with Crippen molar-refractivity contribution in [3.63, 3.8) is 0 Å². The Morgan fingerprint density at radius 1 is 1.19 bits per heavy atom. The number of hydrogen-bond donors (Lipinski definition) is 0. The number of sulfonamides is 1. The molecule has 0 aromatic heterocycles. The van der Waals surface area contributed by atoms with Crippen molar-refractivity contribution in [2.45, 2.75) is 43.0 Å². The minimum absolute atomic E-state index is 0.00375. The van der Waals surface area contributed by atoms with Gasteiger partial charge in [-0.1, -0.05) is 24.4 Å². The van der Waals surface area contributed by atoms with E-state index < -0.39 is 44.4 Å². The Morgan fingerprint density at radius 3 is 2.44 bits per heavy atom. The molecule has 9 nitrogen and oxygen atoms in total. The number of esters is 1. The second-order valence-electron chi connectivity index (χ2n) is 8.10. The third-order valence-electron chi connectivity index (χ3n) is 5.83. The van der Waals surface area contributed by atoms with Crippen molar-refractivity contribution >= 4 is 43.3 Å². The van der Waals surface area contributed by atoms with E-state index in [9.17, 15) is 26.4 Å². The van der Waals surface area contributed by atoms with E-state index >= 15 is 0 Å². The van der Waals surface area contributed by atoms with Gasteiger partial charge >= 0.3 is 5.97 Å². The molecule has 32 heavy (non-hydrogen) atoms. The van der Waals surface area contributed by atoms with Crippen molar-refractivity contribution in [3.05, 3.63) is 28.8 Å². The summed E-state index contributed by atoms with van der Waals surface area (Å²) >= 11 is 6.14. The predicted molar refractivity (Wildman–Crippen MR) is 119 cm³/mol. The minimum Gasteiger partial charge on any atom is -0.452 e. The Hall–Kier alpha value is -1.69. The fraction of sp³-hybridized carbons (Fsp3) is 0.600. The SMILES string of the molecule is CN(C(=O)COC(=O)c1ccc(Cl)c(S(=O)(=O)N2CCCCCC2)c1)[C@H]1CCS(=O)(=O)C1. The fourth-order valence-electron chi connectivity index (χ4n) is 3.85. The molecule has 2 heterocycles. The monoisotopic (exact) mass is 506 g/mol. The van der Waals surface area contributed by atoms with Gasteiger partial charge in [0.15, 0.2) is 16.4 Å². The van der Waals surface area contributed by atoms with Crippen molar-refractivity contribution in [2.75, 3.05) is 38.2 Å². The average molecular weight is 507 g/mol. The van der Waals surface area contributed by atoms with Gasteiger partial charge in [-0.15, -0.1) is 0 Å². The Bertz CT molecular complexity index is 1080. The smallest absolute Gasteiger partial charge is 0.338 e. The van der Waals surface area contributed by atoms with Crippen LogP contribution in [0.3, 0.4) is 0 Å². The maximum atomic E-state index is 13.1. The maximum Gasteiger partial charge on any atom is 0.338 e. The van der Waals surface area contributed by atoms with Crippen LogP contribution >= 0.6 is 11.6 Å². The molecule has 2 aliphatic rings. The van der Waals surface area contributed by atoms with Gasteiger partial charge in [0.1, 0.15) is 4.90 Å². The Balaban J connectivity index is 1.68. The van der Waals surface area contributed by atoms with Crippen LogP contribution < -0.4 is 0 Å². The first-order valence-corrected chi connectivity index (χ1v) is 14.1. The molecule has 3 rings (SSSR count). The molecular formula is C20H27ClN2O7S2. The summed E-state index contributed by atoms with van der Waals surface area (Å²) in [4.78, 5) is 25.9. The number of sulfone groups is 1. The zero-order valence-electron chi connectivity index (χ0n) is 17.8. The molecule has 0 saturated carbocycles. The Morgan fingerprint density at radius 2 is 1.84 bits per heavy atom. The van der Waals surface area contributed by atoms with E-state index in [1.807, 2.05) is 0 Å². The van der Waals surface area contributed by atoms with Crippen LogP contribution in [0.2, 0.25) is 5.02 Å². The van der Waals surface area contributed by atoms with Crippen molar-refractivity contribution in [1.82, 2.24) is 9.21 Å². The number of hydrogen-bond acceptors (Lipinski definition) is 7. The van der Waals surface area contributed by atoms with Gasteiger partial charge in [-0.3, -0.25) is 4.79 Å². The second kappa shape index (κ2) is 10.1. The third-order valence-corrected chi connectivity index (χ3v) is 9.96. The van der Waals surface area contributed by atoms with E-state index in [0.29, 0.717) is 19.5 Å². The number of ether oxygens (including phenoxy) is 1. The van der Waals surface area contributed by atoms with Gasteiger partial charge in [0, 0.05) is 26.2 Å². The molecule has 2 saturated heterocycles. The summed E-state index contributed by atoms with van der Waals surface area (Å²) in [5.74, 6) is -1.49. The van der Waals surface area contributed by atoms with Gasteiger partial charge < -0.3 is 9.64 Å². The van der Waals surface area contributed by atoms with Crippen LogP contribution in [0.15, 0.2) is 23.1 Å². The lowest BCUT2D eigenvalue weighted by molar-refractivity contribution is -0.134. The lowest BCUT2D eigenvalue weighted by Crippen LogP contribution is -2.40. The topological polar surface area (TPSA) is 118 Å². The summed E-state index contributed by atoms with van der Waals surface area (Å²) in [7, 11) is -5.57. The normalized spacial score (nSPS) is 21.6. The molecule has 0 N–H and O–H groups in total. The van der Waals surface area contributed by atoms with E-state index in [4.69, 9.17) is 16.3 Å². The highest BCUT2D eigenvalue weighted by atomic mass is 35.5. The molecule has 1 amide bonds. The van der Waals surface area contributed by atoms with E-state index in [1.165, 1.54) is 34.5 Å². The van der Waals surface area contributed by atoms with Crippen LogP contribution in [0.5, 0.6) is 0 Å². The van der Waals surface area contributed by atoms with Crippen LogP contribution in [0.25, 0.3) is 0 Å². The van der Waals surface area contributed by atoms with Gasteiger partial charge in [0.25, 0.3) is 5.91 Å². The predicted octanol–water partition coefficient (Wildman–Crippen LogP) is 1.71. The molecule has 1 aromatic carbocycles. The largest absolute Gasteiger partial charge is 0.452 e. The van der Waals surface area contributed by atoms with E-state index in [-0.39, 0.29) is 27.0 Å². The van der Waals surface area contributed by atoms with E-state index in [0.717, 1.165) is 25.7 Å². The molecule has 1 aromatic rings. The minimum atomic E-state index is -3.88. The Kier molecular flexibility index (Phi) is 7.85. The molecule has 0 radical (unpaired) electrons. The number of carbonyl (C=O) groups excluding carboxylic acids is 2. The number of halogens is 1. The van der Waals surface area contributed by atoms with Crippen molar-refractivity contribution in [2.24, 2.45) is 0 Å². The van der Waals surface area contributed by atoms with Crippen LogP contribution in [-0.4, -0.2) is 82.2 Å². The molecule has 0 unspecified atom stereocenters. The lowest BCUT2D eigenvalue weighted by Gasteiger charge is -2.23.